The molecule has 0 spiro atoms. The second-order valence-electron chi connectivity index (χ2n) is 7.65. The van der Waals surface area contributed by atoms with Crippen molar-refractivity contribution in [3.8, 4) is 22.8 Å². The Morgan fingerprint density at radius 1 is 1.23 bits per heavy atom. The number of carbonyl (C=O) groups is 1. The van der Waals surface area contributed by atoms with E-state index < -0.39 is 10.7 Å². The third-order valence-electron chi connectivity index (χ3n) is 5.70. The number of methoxy groups -OCH3 is 2. The summed E-state index contributed by atoms with van der Waals surface area (Å²) in [7, 11) is 2.68. The molecule has 0 aliphatic carbocycles. The Morgan fingerprint density at radius 2 is 2.06 bits per heavy atom. The first-order chi connectivity index (χ1) is 16.9. The maximum absolute atomic E-state index is 14.4. The van der Waals surface area contributed by atoms with Crippen LogP contribution < -0.4 is 20.1 Å². The van der Waals surface area contributed by atoms with Crippen molar-refractivity contribution in [1.82, 2.24) is 20.1 Å². The number of ether oxygens (including phenoxy) is 2. The number of rotatable bonds is 6. The Morgan fingerprint density at radius 3 is 2.80 bits per heavy atom. The van der Waals surface area contributed by atoms with E-state index in [2.05, 4.69) is 20.7 Å². The van der Waals surface area contributed by atoms with Gasteiger partial charge >= 0.3 is 5.69 Å². The number of hydrogen-bond donors (Lipinski definition) is 2. The molecule has 0 atom stereocenters. The quantitative estimate of drug-likeness (QED) is 0.317. The normalized spacial score (nSPS) is 12.7. The number of anilines is 2. The summed E-state index contributed by atoms with van der Waals surface area (Å²) in [4.78, 5) is 28.2. The van der Waals surface area contributed by atoms with Crippen molar-refractivity contribution in [1.29, 1.82) is 0 Å². The van der Waals surface area contributed by atoms with Crippen LogP contribution >= 0.6 is 0 Å². The number of halogens is 1. The molecule has 0 fully saturated rings. The first kappa shape index (κ1) is 22.1. The predicted octanol–water partition coefficient (Wildman–Crippen LogP) is 3.65. The van der Waals surface area contributed by atoms with Gasteiger partial charge in [0.25, 0.3) is 5.91 Å². The van der Waals surface area contributed by atoms with Crippen LogP contribution in [0.4, 0.5) is 21.5 Å². The summed E-state index contributed by atoms with van der Waals surface area (Å²) in [5.41, 5.74) is 1.87. The third kappa shape index (κ3) is 3.64. The lowest BCUT2D eigenvalue weighted by molar-refractivity contribution is -0.385. The highest BCUT2D eigenvalue weighted by molar-refractivity contribution is 6.06. The smallest absolute Gasteiger partial charge is 0.311 e. The number of pyridine rings is 1. The summed E-state index contributed by atoms with van der Waals surface area (Å²) in [5, 5.41) is 22.6. The molecule has 0 saturated carbocycles. The molecule has 178 valence electrons. The van der Waals surface area contributed by atoms with Gasteiger partial charge in [0.15, 0.2) is 17.3 Å². The number of hydrogen-bond acceptors (Lipinski definition) is 8. The molecular weight excluding hydrogens is 459 g/mol. The summed E-state index contributed by atoms with van der Waals surface area (Å²) in [6.07, 6.45) is 1.54. The van der Waals surface area contributed by atoms with Gasteiger partial charge in [-0.1, -0.05) is 6.07 Å². The van der Waals surface area contributed by atoms with Gasteiger partial charge < -0.3 is 20.1 Å². The van der Waals surface area contributed by atoms with Crippen molar-refractivity contribution in [2.45, 2.75) is 6.54 Å². The van der Waals surface area contributed by atoms with E-state index in [9.17, 15) is 19.3 Å². The molecule has 1 aliphatic rings. The highest BCUT2D eigenvalue weighted by atomic mass is 19.1. The molecule has 0 bridgehead atoms. The van der Waals surface area contributed by atoms with Gasteiger partial charge in [-0.3, -0.25) is 24.6 Å². The molecule has 2 N–H and O–H groups in total. The molecule has 1 amide bonds. The lowest BCUT2D eigenvalue weighted by Gasteiger charge is -2.17. The lowest BCUT2D eigenvalue weighted by atomic mass is 10.0. The second kappa shape index (κ2) is 8.56. The minimum absolute atomic E-state index is 0.0328. The van der Waals surface area contributed by atoms with Crippen molar-refractivity contribution in [3.63, 3.8) is 0 Å². The fourth-order valence-corrected chi connectivity index (χ4v) is 4.14. The lowest BCUT2D eigenvalue weighted by Crippen LogP contribution is -2.35. The average molecular weight is 478 g/mol. The van der Waals surface area contributed by atoms with Crippen molar-refractivity contribution in [3.05, 3.63) is 64.2 Å². The molecule has 35 heavy (non-hydrogen) atoms. The van der Waals surface area contributed by atoms with Crippen LogP contribution in [-0.2, 0) is 6.54 Å². The molecule has 4 aromatic rings. The summed E-state index contributed by atoms with van der Waals surface area (Å²) in [6.45, 7) is 0.794. The number of amides is 1. The maximum Gasteiger partial charge on any atom is 0.311 e. The number of nitrogens with one attached hydrogen (secondary N) is 2. The number of para-hydroxylation sites is 1. The van der Waals surface area contributed by atoms with E-state index in [1.165, 1.54) is 44.7 Å². The van der Waals surface area contributed by atoms with E-state index in [1.807, 2.05) is 0 Å². The first-order valence-electron chi connectivity index (χ1n) is 10.5. The van der Waals surface area contributed by atoms with Crippen LogP contribution in [0.2, 0.25) is 0 Å². The number of aromatic nitrogens is 3. The van der Waals surface area contributed by atoms with Crippen molar-refractivity contribution >= 4 is 33.9 Å². The van der Waals surface area contributed by atoms with Gasteiger partial charge in [-0.25, -0.2) is 4.39 Å². The van der Waals surface area contributed by atoms with Gasteiger partial charge in [0, 0.05) is 35.8 Å². The molecule has 0 radical (unpaired) electrons. The number of nitro benzene ring substituents is 1. The number of nitro groups is 1. The van der Waals surface area contributed by atoms with Crippen LogP contribution in [0.15, 0.2) is 42.6 Å². The highest BCUT2D eigenvalue weighted by Crippen LogP contribution is 2.41. The zero-order valence-electron chi connectivity index (χ0n) is 18.7. The van der Waals surface area contributed by atoms with E-state index in [0.717, 1.165) is 0 Å². The molecule has 5 rings (SSSR count). The summed E-state index contributed by atoms with van der Waals surface area (Å²) < 4.78 is 26.3. The fourth-order valence-electron chi connectivity index (χ4n) is 4.14. The van der Waals surface area contributed by atoms with Crippen LogP contribution in [0.5, 0.6) is 11.5 Å². The van der Waals surface area contributed by atoms with Crippen LogP contribution in [0.3, 0.4) is 0 Å². The molecule has 0 unspecified atom stereocenters. The monoisotopic (exact) mass is 478 g/mol. The number of benzene rings is 2. The van der Waals surface area contributed by atoms with E-state index in [4.69, 9.17) is 9.47 Å². The molecule has 12 heteroatoms. The minimum atomic E-state index is -0.582. The topological polar surface area (TPSA) is 133 Å². The first-order valence-corrected chi connectivity index (χ1v) is 10.5. The van der Waals surface area contributed by atoms with E-state index in [-0.39, 0.29) is 34.5 Å². The van der Waals surface area contributed by atoms with Gasteiger partial charge in [0.2, 0.25) is 0 Å². The molecule has 2 aromatic carbocycles. The van der Waals surface area contributed by atoms with Crippen LogP contribution in [0.25, 0.3) is 22.2 Å². The summed E-state index contributed by atoms with van der Waals surface area (Å²) in [6, 6.07) is 8.86. The molecule has 3 heterocycles. The predicted molar refractivity (Wildman–Crippen MR) is 125 cm³/mol. The molecule has 1 aliphatic heterocycles. The Hall–Kier alpha value is -4.74. The van der Waals surface area contributed by atoms with Gasteiger partial charge in [0.1, 0.15) is 11.4 Å². The number of carbonyl (C=O) groups excluding carboxylic acids is 1. The maximum atomic E-state index is 14.4. The SMILES string of the molecule is COc1cc2nccc(-c3nn4c(c3Nc3cccc(F)c3OC)C(=O)NCC4)c2cc1[N+](=O)[O-]. The zero-order chi connectivity index (χ0) is 24.7. The standard InChI is InChI=1S/C23H19FN6O5/c1-34-18-11-16-13(10-17(18)30(32)33)12(6-7-25-16)19-20(21-23(31)26-8-9-29(21)28-19)27-15-5-3-4-14(24)22(15)35-2/h3-7,10-11,27H,8-9H2,1-2H3,(H,26,31). The zero-order valence-corrected chi connectivity index (χ0v) is 18.7. The summed E-state index contributed by atoms with van der Waals surface area (Å²) >= 11 is 0. The molecule has 0 saturated heterocycles. The van der Waals surface area contributed by atoms with Gasteiger partial charge in [-0.05, 0) is 18.2 Å². The fraction of sp³-hybridized carbons (Fsp3) is 0.174. The summed E-state index contributed by atoms with van der Waals surface area (Å²) in [5.74, 6) is -0.909. The van der Waals surface area contributed by atoms with E-state index >= 15 is 0 Å². The number of fused-ring (bicyclic) bond motifs is 2. The molecular formula is C23H19FN6O5. The van der Waals surface area contributed by atoms with Gasteiger partial charge in [-0.2, -0.15) is 5.10 Å². The van der Waals surface area contributed by atoms with Crippen molar-refractivity contribution in [2.24, 2.45) is 0 Å². The van der Waals surface area contributed by atoms with Gasteiger partial charge in [0.05, 0.1) is 42.6 Å². The van der Waals surface area contributed by atoms with Crippen molar-refractivity contribution in [2.75, 3.05) is 26.1 Å². The van der Waals surface area contributed by atoms with Crippen LogP contribution in [-0.4, -0.2) is 46.4 Å². The molecule has 11 nitrogen and oxygen atoms in total. The van der Waals surface area contributed by atoms with Crippen molar-refractivity contribution < 1.29 is 23.6 Å². The van der Waals surface area contributed by atoms with E-state index in [1.54, 1.807) is 16.8 Å². The molecule has 2 aromatic heterocycles. The van der Waals surface area contributed by atoms with E-state index in [0.29, 0.717) is 40.9 Å². The third-order valence-corrected chi connectivity index (χ3v) is 5.70. The highest BCUT2D eigenvalue weighted by Gasteiger charge is 2.29. The largest absolute Gasteiger partial charge is 0.492 e. The Bertz CT molecular complexity index is 1500. The number of nitrogens with zero attached hydrogens (tertiary/aromatic N) is 4. The Labute approximate surface area is 197 Å². The Kier molecular flexibility index (Phi) is 5.40. The van der Waals surface area contributed by atoms with Gasteiger partial charge in [-0.15, -0.1) is 0 Å². The van der Waals surface area contributed by atoms with Crippen LogP contribution in [0, 0.1) is 15.9 Å². The minimum Gasteiger partial charge on any atom is -0.492 e. The second-order valence-corrected chi connectivity index (χ2v) is 7.65. The van der Waals surface area contributed by atoms with Crippen LogP contribution in [0.1, 0.15) is 10.5 Å². The average Bonchev–Trinajstić information content (AvgIpc) is 3.22. The Balaban J connectivity index is 1.77.